The van der Waals surface area contributed by atoms with Gasteiger partial charge in [0.1, 0.15) is 0 Å². The number of likely N-dealkylation sites (tertiary alicyclic amines) is 1. The highest BCUT2D eigenvalue weighted by atomic mass is 16.2. The van der Waals surface area contributed by atoms with Gasteiger partial charge in [-0.15, -0.1) is 0 Å². The standard InChI is InChI=1S/C21H35N3O2/c25-20(15-19-14-17-5-6-18(19)13-17)24-11-9-22(10-12-24)16-21(26)23-7-3-1-2-4-8-23/h17-19H,1-16H2/t17-,18-,19-/m0/s1. The predicted octanol–water partition coefficient (Wildman–Crippen LogP) is 2.36. The maximum Gasteiger partial charge on any atom is 0.236 e. The molecule has 146 valence electrons. The van der Waals surface area contributed by atoms with Crippen LogP contribution in [-0.4, -0.2) is 72.3 Å². The Morgan fingerprint density at radius 1 is 0.731 bits per heavy atom. The summed E-state index contributed by atoms with van der Waals surface area (Å²) in [6.45, 7) is 5.69. The lowest BCUT2D eigenvalue weighted by atomic mass is 9.86. The predicted molar refractivity (Wildman–Crippen MR) is 102 cm³/mol. The molecule has 2 amide bonds. The van der Waals surface area contributed by atoms with Crippen LogP contribution in [-0.2, 0) is 9.59 Å². The van der Waals surface area contributed by atoms with Gasteiger partial charge in [0.15, 0.2) is 0 Å². The maximum atomic E-state index is 12.7. The van der Waals surface area contributed by atoms with E-state index in [2.05, 4.69) is 14.7 Å². The van der Waals surface area contributed by atoms with Gasteiger partial charge in [0, 0.05) is 45.7 Å². The van der Waals surface area contributed by atoms with Crippen LogP contribution in [0.3, 0.4) is 0 Å². The summed E-state index contributed by atoms with van der Waals surface area (Å²) in [4.78, 5) is 31.6. The zero-order valence-electron chi connectivity index (χ0n) is 16.2. The summed E-state index contributed by atoms with van der Waals surface area (Å²) in [5.74, 6) is 3.05. The molecule has 0 unspecified atom stereocenters. The molecular formula is C21H35N3O2. The van der Waals surface area contributed by atoms with E-state index in [1.54, 1.807) is 0 Å². The Morgan fingerprint density at radius 2 is 1.42 bits per heavy atom. The quantitative estimate of drug-likeness (QED) is 0.772. The van der Waals surface area contributed by atoms with Crippen molar-refractivity contribution in [3.63, 3.8) is 0 Å². The summed E-state index contributed by atoms with van der Waals surface area (Å²) < 4.78 is 0. The molecule has 4 fully saturated rings. The number of amides is 2. The van der Waals surface area contributed by atoms with Crippen LogP contribution < -0.4 is 0 Å². The van der Waals surface area contributed by atoms with Crippen LogP contribution >= 0.6 is 0 Å². The average Bonchev–Trinajstić information content (AvgIpc) is 3.15. The highest BCUT2D eigenvalue weighted by Crippen LogP contribution is 2.49. The summed E-state index contributed by atoms with van der Waals surface area (Å²) >= 11 is 0. The molecule has 4 rings (SSSR count). The van der Waals surface area contributed by atoms with Crippen molar-refractivity contribution in [2.45, 2.75) is 57.8 Å². The van der Waals surface area contributed by atoms with Crippen molar-refractivity contribution in [3.8, 4) is 0 Å². The molecule has 4 aliphatic rings. The van der Waals surface area contributed by atoms with E-state index in [1.165, 1.54) is 38.5 Å². The topological polar surface area (TPSA) is 43.9 Å². The van der Waals surface area contributed by atoms with Crippen molar-refractivity contribution in [1.29, 1.82) is 0 Å². The summed E-state index contributed by atoms with van der Waals surface area (Å²) in [6.07, 6.45) is 11.0. The number of carbonyl (C=O) groups is 2. The third kappa shape index (κ3) is 4.24. The van der Waals surface area contributed by atoms with Crippen molar-refractivity contribution in [3.05, 3.63) is 0 Å². The lowest BCUT2D eigenvalue weighted by Crippen LogP contribution is -2.52. The van der Waals surface area contributed by atoms with Crippen LogP contribution in [0.1, 0.15) is 57.8 Å². The fourth-order valence-corrected chi connectivity index (χ4v) is 5.75. The van der Waals surface area contributed by atoms with Gasteiger partial charge in [-0.2, -0.15) is 0 Å². The monoisotopic (exact) mass is 361 g/mol. The van der Waals surface area contributed by atoms with Crippen molar-refractivity contribution in [1.82, 2.24) is 14.7 Å². The molecule has 2 aliphatic heterocycles. The Morgan fingerprint density at radius 3 is 2.04 bits per heavy atom. The number of rotatable bonds is 4. The number of piperazine rings is 1. The third-order valence-electron chi connectivity index (χ3n) is 7.36. The third-order valence-corrected chi connectivity index (χ3v) is 7.36. The van der Waals surface area contributed by atoms with Crippen molar-refractivity contribution in [2.75, 3.05) is 45.8 Å². The van der Waals surface area contributed by atoms with E-state index < -0.39 is 0 Å². The van der Waals surface area contributed by atoms with Crippen LogP contribution in [0.15, 0.2) is 0 Å². The van der Waals surface area contributed by atoms with Gasteiger partial charge in [-0.1, -0.05) is 19.3 Å². The van der Waals surface area contributed by atoms with Gasteiger partial charge in [-0.25, -0.2) is 0 Å². The van der Waals surface area contributed by atoms with Gasteiger partial charge in [-0.3, -0.25) is 14.5 Å². The van der Waals surface area contributed by atoms with E-state index in [4.69, 9.17) is 0 Å². The molecular weight excluding hydrogens is 326 g/mol. The van der Waals surface area contributed by atoms with E-state index in [1.807, 2.05) is 0 Å². The second-order valence-electron chi connectivity index (χ2n) is 9.09. The molecule has 0 aromatic rings. The number of fused-ring (bicyclic) bond motifs is 2. The molecule has 0 aromatic heterocycles. The highest BCUT2D eigenvalue weighted by Gasteiger charge is 2.40. The van der Waals surface area contributed by atoms with E-state index in [0.29, 0.717) is 18.4 Å². The van der Waals surface area contributed by atoms with Gasteiger partial charge >= 0.3 is 0 Å². The molecule has 2 bridgehead atoms. The van der Waals surface area contributed by atoms with Gasteiger partial charge in [0.2, 0.25) is 11.8 Å². The Kier molecular flexibility index (Phi) is 5.82. The first kappa shape index (κ1) is 18.3. The zero-order valence-corrected chi connectivity index (χ0v) is 16.2. The Labute approximate surface area is 158 Å². The SMILES string of the molecule is O=C(C[C@@H]1C[C@H]2CC[C@H]1C2)N1CCN(CC(=O)N2CCCCCC2)CC1. The fraction of sp³-hybridized carbons (Fsp3) is 0.905. The van der Waals surface area contributed by atoms with E-state index in [0.717, 1.165) is 70.4 Å². The Bertz CT molecular complexity index is 507. The molecule has 3 atom stereocenters. The Balaban J connectivity index is 1.19. The van der Waals surface area contributed by atoms with Crippen LogP contribution in [0.2, 0.25) is 0 Å². The molecule has 2 aliphatic carbocycles. The molecule has 5 nitrogen and oxygen atoms in total. The second-order valence-corrected chi connectivity index (χ2v) is 9.09. The van der Waals surface area contributed by atoms with Gasteiger partial charge in [-0.05, 0) is 49.9 Å². The zero-order chi connectivity index (χ0) is 17.9. The van der Waals surface area contributed by atoms with Crippen LogP contribution in [0.25, 0.3) is 0 Å². The summed E-state index contributed by atoms with van der Waals surface area (Å²) in [6, 6.07) is 0. The average molecular weight is 362 g/mol. The number of hydrogen-bond donors (Lipinski definition) is 0. The number of hydrogen-bond acceptors (Lipinski definition) is 3. The fourth-order valence-electron chi connectivity index (χ4n) is 5.75. The Hall–Kier alpha value is -1.10. The molecule has 2 saturated heterocycles. The summed E-state index contributed by atoms with van der Waals surface area (Å²) in [5.41, 5.74) is 0. The second kappa shape index (κ2) is 8.28. The largest absolute Gasteiger partial charge is 0.342 e. The van der Waals surface area contributed by atoms with Crippen molar-refractivity contribution >= 4 is 11.8 Å². The molecule has 5 heteroatoms. The minimum absolute atomic E-state index is 0.286. The number of nitrogens with zero attached hydrogens (tertiary/aromatic N) is 3. The summed E-state index contributed by atoms with van der Waals surface area (Å²) in [5, 5.41) is 0. The molecule has 0 aromatic carbocycles. The minimum atomic E-state index is 0.286. The molecule has 2 heterocycles. The van der Waals surface area contributed by atoms with Crippen LogP contribution in [0.5, 0.6) is 0 Å². The first-order chi connectivity index (χ1) is 12.7. The van der Waals surface area contributed by atoms with Crippen molar-refractivity contribution in [2.24, 2.45) is 17.8 Å². The van der Waals surface area contributed by atoms with E-state index >= 15 is 0 Å². The summed E-state index contributed by atoms with van der Waals surface area (Å²) in [7, 11) is 0. The van der Waals surface area contributed by atoms with Gasteiger partial charge in [0.25, 0.3) is 0 Å². The van der Waals surface area contributed by atoms with E-state index in [9.17, 15) is 9.59 Å². The smallest absolute Gasteiger partial charge is 0.236 e. The maximum absolute atomic E-state index is 12.7. The van der Waals surface area contributed by atoms with Crippen molar-refractivity contribution < 1.29 is 9.59 Å². The lowest BCUT2D eigenvalue weighted by molar-refractivity contribution is -0.136. The van der Waals surface area contributed by atoms with Gasteiger partial charge < -0.3 is 9.80 Å². The minimum Gasteiger partial charge on any atom is -0.342 e. The molecule has 0 spiro atoms. The highest BCUT2D eigenvalue weighted by molar-refractivity contribution is 5.78. The first-order valence-electron chi connectivity index (χ1n) is 11.0. The van der Waals surface area contributed by atoms with E-state index in [-0.39, 0.29) is 5.91 Å². The lowest BCUT2D eigenvalue weighted by Gasteiger charge is -2.36. The first-order valence-corrected chi connectivity index (χ1v) is 11.0. The molecule has 0 radical (unpaired) electrons. The normalized spacial score (nSPS) is 32.7. The van der Waals surface area contributed by atoms with Gasteiger partial charge in [0.05, 0.1) is 6.54 Å². The van der Waals surface area contributed by atoms with Crippen LogP contribution in [0.4, 0.5) is 0 Å². The van der Waals surface area contributed by atoms with Crippen LogP contribution in [0, 0.1) is 17.8 Å². The molecule has 0 N–H and O–H groups in total. The molecule has 2 saturated carbocycles. The number of carbonyl (C=O) groups excluding carboxylic acids is 2. The molecule has 26 heavy (non-hydrogen) atoms.